The van der Waals surface area contributed by atoms with Crippen molar-refractivity contribution >= 4 is 0 Å². The van der Waals surface area contributed by atoms with Crippen LogP contribution in [-0.4, -0.2) is 23.8 Å². The monoisotopic (exact) mass is 230 g/mol. The van der Waals surface area contributed by atoms with E-state index in [1.165, 1.54) is 0 Å². The molecule has 17 heavy (non-hydrogen) atoms. The van der Waals surface area contributed by atoms with E-state index < -0.39 is 0 Å². The van der Waals surface area contributed by atoms with Crippen molar-refractivity contribution in [2.75, 3.05) is 6.54 Å². The maximum absolute atomic E-state index is 10.1. The second-order valence-electron chi connectivity index (χ2n) is 4.73. The number of benzene rings is 1. The van der Waals surface area contributed by atoms with Crippen LogP contribution in [0.2, 0.25) is 0 Å². The lowest BCUT2D eigenvalue weighted by atomic mass is 9.96. The lowest BCUT2D eigenvalue weighted by Gasteiger charge is -2.19. The zero-order valence-corrected chi connectivity index (χ0v) is 10.1. The molecule has 1 aromatic carbocycles. The summed E-state index contributed by atoms with van der Waals surface area (Å²) in [7, 11) is 0. The van der Waals surface area contributed by atoms with Gasteiger partial charge in [0.1, 0.15) is 0 Å². The minimum atomic E-state index is -0.330. The van der Waals surface area contributed by atoms with Crippen LogP contribution in [0.3, 0.4) is 0 Å². The molecule has 0 radical (unpaired) electrons. The van der Waals surface area contributed by atoms with Crippen LogP contribution in [0, 0.1) is 18.3 Å². The third kappa shape index (κ3) is 2.85. The SMILES string of the molecule is Cc1cc(C#N)ccc1CC(O)C1CCCN1. The molecule has 2 rings (SSSR count). The zero-order valence-electron chi connectivity index (χ0n) is 10.1. The van der Waals surface area contributed by atoms with Crippen molar-refractivity contribution in [3.05, 3.63) is 34.9 Å². The Morgan fingerprint density at radius 3 is 3.00 bits per heavy atom. The molecule has 1 fully saturated rings. The summed E-state index contributed by atoms with van der Waals surface area (Å²) in [5.74, 6) is 0. The van der Waals surface area contributed by atoms with Gasteiger partial charge in [-0.3, -0.25) is 0 Å². The Kier molecular flexibility index (Phi) is 3.78. The first kappa shape index (κ1) is 12.1. The van der Waals surface area contributed by atoms with Crippen molar-refractivity contribution in [3.8, 4) is 6.07 Å². The highest BCUT2D eigenvalue weighted by Crippen LogP contribution is 2.17. The number of hydrogen-bond donors (Lipinski definition) is 2. The Morgan fingerprint density at radius 1 is 1.59 bits per heavy atom. The fraction of sp³-hybridized carbons (Fsp3) is 0.500. The van der Waals surface area contributed by atoms with Crippen LogP contribution in [-0.2, 0) is 6.42 Å². The predicted octanol–water partition coefficient (Wildman–Crippen LogP) is 1.52. The van der Waals surface area contributed by atoms with Gasteiger partial charge in [-0.25, -0.2) is 0 Å². The van der Waals surface area contributed by atoms with Gasteiger partial charge in [0.05, 0.1) is 17.7 Å². The molecule has 3 nitrogen and oxygen atoms in total. The molecule has 0 aromatic heterocycles. The third-order valence-electron chi connectivity index (χ3n) is 3.46. The van der Waals surface area contributed by atoms with Gasteiger partial charge in [0.2, 0.25) is 0 Å². The van der Waals surface area contributed by atoms with Crippen molar-refractivity contribution in [2.24, 2.45) is 0 Å². The quantitative estimate of drug-likeness (QED) is 0.827. The second kappa shape index (κ2) is 5.31. The molecule has 0 amide bonds. The van der Waals surface area contributed by atoms with E-state index in [1.54, 1.807) is 0 Å². The van der Waals surface area contributed by atoms with Crippen molar-refractivity contribution in [3.63, 3.8) is 0 Å². The predicted molar refractivity (Wildman–Crippen MR) is 66.6 cm³/mol. The van der Waals surface area contributed by atoms with Gasteiger partial charge in [-0.1, -0.05) is 6.07 Å². The largest absolute Gasteiger partial charge is 0.391 e. The molecule has 2 N–H and O–H groups in total. The number of nitriles is 1. The van der Waals surface area contributed by atoms with E-state index in [2.05, 4.69) is 11.4 Å². The molecule has 1 saturated heterocycles. The molecule has 1 aromatic rings. The molecule has 0 aliphatic carbocycles. The van der Waals surface area contributed by atoms with Gasteiger partial charge in [-0.2, -0.15) is 5.26 Å². The Bertz CT molecular complexity index is 430. The number of aryl methyl sites for hydroxylation is 1. The number of hydrogen-bond acceptors (Lipinski definition) is 3. The van der Waals surface area contributed by atoms with E-state index in [-0.39, 0.29) is 12.1 Å². The second-order valence-corrected chi connectivity index (χ2v) is 4.73. The van der Waals surface area contributed by atoms with Gasteiger partial charge < -0.3 is 10.4 Å². The van der Waals surface area contributed by atoms with E-state index in [0.29, 0.717) is 12.0 Å². The van der Waals surface area contributed by atoms with Gasteiger partial charge in [-0.15, -0.1) is 0 Å². The molecule has 0 saturated carbocycles. The number of aliphatic hydroxyl groups excluding tert-OH is 1. The van der Waals surface area contributed by atoms with E-state index >= 15 is 0 Å². The molecule has 1 aliphatic heterocycles. The van der Waals surface area contributed by atoms with Crippen molar-refractivity contribution < 1.29 is 5.11 Å². The third-order valence-corrected chi connectivity index (χ3v) is 3.46. The summed E-state index contributed by atoms with van der Waals surface area (Å²) < 4.78 is 0. The average Bonchev–Trinajstić information content (AvgIpc) is 2.85. The summed E-state index contributed by atoms with van der Waals surface area (Å²) in [6.45, 7) is 3.00. The van der Waals surface area contributed by atoms with Gasteiger partial charge in [-0.05, 0) is 49.6 Å². The summed E-state index contributed by atoms with van der Waals surface area (Å²) in [4.78, 5) is 0. The lowest BCUT2D eigenvalue weighted by Crippen LogP contribution is -2.36. The molecular formula is C14H18N2O. The lowest BCUT2D eigenvalue weighted by molar-refractivity contribution is 0.136. The topological polar surface area (TPSA) is 56.0 Å². The summed E-state index contributed by atoms with van der Waals surface area (Å²) >= 11 is 0. The van der Waals surface area contributed by atoms with Gasteiger partial charge >= 0.3 is 0 Å². The van der Waals surface area contributed by atoms with E-state index in [4.69, 9.17) is 5.26 Å². The molecule has 1 heterocycles. The molecular weight excluding hydrogens is 212 g/mol. The molecule has 0 bridgehead atoms. The van der Waals surface area contributed by atoms with Crippen LogP contribution in [0.25, 0.3) is 0 Å². The van der Waals surface area contributed by atoms with Crippen LogP contribution >= 0.6 is 0 Å². The van der Waals surface area contributed by atoms with Gasteiger partial charge in [0.25, 0.3) is 0 Å². The maximum atomic E-state index is 10.1. The van der Waals surface area contributed by atoms with Crippen LogP contribution in [0.1, 0.15) is 29.5 Å². The molecule has 3 heteroatoms. The summed E-state index contributed by atoms with van der Waals surface area (Å²) in [5.41, 5.74) is 2.89. The minimum absolute atomic E-state index is 0.227. The number of aliphatic hydroxyl groups is 1. The highest BCUT2D eigenvalue weighted by atomic mass is 16.3. The summed E-state index contributed by atoms with van der Waals surface area (Å²) in [6.07, 6.45) is 2.53. The standard InChI is InChI=1S/C14H18N2O/c1-10-7-11(9-15)4-5-12(10)8-14(17)13-3-2-6-16-13/h4-5,7,13-14,16-17H,2-3,6,8H2,1H3. The van der Waals surface area contributed by atoms with Gasteiger partial charge in [0, 0.05) is 12.5 Å². The minimum Gasteiger partial charge on any atom is -0.391 e. The normalized spacial score (nSPS) is 21.1. The van der Waals surface area contributed by atoms with E-state index in [9.17, 15) is 5.11 Å². The Labute approximate surface area is 102 Å². The summed E-state index contributed by atoms with van der Waals surface area (Å²) in [6, 6.07) is 8.00. The highest BCUT2D eigenvalue weighted by Gasteiger charge is 2.22. The Hall–Kier alpha value is -1.37. The molecule has 2 unspecified atom stereocenters. The first-order valence-electron chi connectivity index (χ1n) is 6.12. The van der Waals surface area contributed by atoms with Crippen LogP contribution < -0.4 is 5.32 Å². The van der Waals surface area contributed by atoms with Crippen LogP contribution in [0.15, 0.2) is 18.2 Å². The molecule has 90 valence electrons. The average molecular weight is 230 g/mol. The zero-order chi connectivity index (χ0) is 12.3. The van der Waals surface area contributed by atoms with Crippen molar-refractivity contribution in [1.82, 2.24) is 5.32 Å². The van der Waals surface area contributed by atoms with Crippen LogP contribution in [0.5, 0.6) is 0 Å². The first-order chi connectivity index (χ1) is 8.20. The molecule has 2 atom stereocenters. The first-order valence-corrected chi connectivity index (χ1v) is 6.12. The van der Waals surface area contributed by atoms with Gasteiger partial charge in [0.15, 0.2) is 0 Å². The Balaban J connectivity index is 2.05. The molecule has 1 aliphatic rings. The number of nitrogens with zero attached hydrogens (tertiary/aromatic N) is 1. The number of rotatable bonds is 3. The van der Waals surface area contributed by atoms with E-state index in [1.807, 2.05) is 25.1 Å². The number of nitrogens with one attached hydrogen (secondary N) is 1. The van der Waals surface area contributed by atoms with Crippen molar-refractivity contribution in [2.45, 2.75) is 38.3 Å². The summed E-state index contributed by atoms with van der Waals surface area (Å²) in [5, 5.41) is 22.2. The van der Waals surface area contributed by atoms with Crippen LogP contribution in [0.4, 0.5) is 0 Å². The van der Waals surface area contributed by atoms with Crippen molar-refractivity contribution in [1.29, 1.82) is 5.26 Å². The van der Waals surface area contributed by atoms with E-state index in [0.717, 1.165) is 30.5 Å². The fourth-order valence-electron chi connectivity index (χ4n) is 2.40. The maximum Gasteiger partial charge on any atom is 0.0991 e. The Morgan fingerprint density at radius 2 is 2.41 bits per heavy atom. The highest BCUT2D eigenvalue weighted by molar-refractivity contribution is 5.37. The smallest absolute Gasteiger partial charge is 0.0991 e. The molecule has 0 spiro atoms. The fourth-order valence-corrected chi connectivity index (χ4v) is 2.40.